The van der Waals surface area contributed by atoms with E-state index in [9.17, 15) is 4.79 Å². The minimum Gasteiger partial charge on any atom is -0.337 e. The Labute approximate surface area is 130 Å². The fourth-order valence-corrected chi connectivity index (χ4v) is 2.87. The Morgan fingerprint density at radius 2 is 2.14 bits per heavy atom. The summed E-state index contributed by atoms with van der Waals surface area (Å²) in [6.45, 7) is 4.97. The van der Waals surface area contributed by atoms with Gasteiger partial charge in [0.25, 0.3) is 0 Å². The molecule has 5 heteroatoms. The van der Waals surface area contributed by atoms with Crippen LogP contribution in [0.15, 0.2) is 42.7 Å². The zero-order valence-corrected chi connectivity index (χ0v) is 12.9. The molecular weight excluding hydrogens is 276 g/mol. The van der Waals surface area contributed by atoms with Gasteiger partial charge in [-0.3, -0.25) is 9.48 Å². The number of amides is 1. The molecule has 2 aromatic rings. The Balaban J connectivity index is 1.51. The number of carbonyl (C=O) groups excluding carboxylic acids is 1. The highest BCUT2D eigenvalue weighted by atomic mass is 16.2. The third-order valence-corrected chi connectivity index (χ3v) is 4.16. The molecule has 0 radical (unpaired) electrons. The van der Waals surface area contributed by atoms with Crippen LogP contribution in [0.25, 0.3) is 0 Å². The third kappa shape index (κ3) is 3.36. The van der Waals surface area contributed by atoms with Crippen molar-refractivity contribution in [3.8, 4) is 0 Å². The molecule has 0 unspecified atom stereocenters. The van der Waals surface area contributed by atoms with Crippen molar-refractivity contribution in [2.24, 2.45) is 0 Å². The van der Waals surface area contributed by atoms with Crippen molar-refractivity contribution < 1.29 is 4.79 Å². The maximum atomic E-state index is 12.5. The third-order valence-electron chi connectivity index (χ3n) is 4.16. The summed E-state index contributed by atoms with van der Waals surface area (Å²) in [5.74, 6) is 0.176. The number of nitrogens with zero attached hydrogens (tertiary/aromatic N) is 3. The van der Waals surface area contributed by atoms with Crippen LogP contribution in [0.4, 0.5) is 0 Å². The van der Waals surface area contributed by atoms with Crippen molar-refractivity contribution in [2.45, 2.75) is 32.5 Å². The molecule has 1 aromatic heterocycles. The van der Waals surface area contributed by atoms with Gasteiger partial charge in [-0.15, -0.1) is 0 Å². The number of carbonyl (C=O) groups is 1. The van der Waals surface area contributed by atoms with E-state index in [-0.39, 0.29) is 11.9 Å². The number of benzene rings is 1. The summed E-state index contributed by atoms with van der Waals surface area (Å²) in [6, 6.07) is 10.1. The molecule has 5 nitrogen and oxygen atoms in total. The summed E-state index contributed by atoms with van der Waals surface area (Å²) in [7, 11) is 0. The van der Waals surface area contributed by atoms with Gasteiger partial charge in [0, 0.05) is 32.0 Å². The van der Waals surface area contributed by atoms with E-state index in [1.807, 2.05) is 34.8 Å². The molecule has 1 aromatic carbocycles. The van der Waals surface area contributed by atoms with Crippen LogP contribution in [0.3, 0.4) is 0 Å². The molecule has 1 aliphatic heterocycles. The van der Waals surface area contributed by atoms with Gasteiger partial charge in [-0.05, 0) is 30.5 Å². The maximum absolute atomic E-state index is 12.5. The van der Waals surface area contributed by atoms with Gasteiger partial charge in [0.2, 0.25) is 5.91 Å². The molecule has 0 bridgehead atoms. The normalized spacial score (nSPS) is 15.4. The van der Waals surface area contributed by atoms with Crippen molar-refractivity contribution in [1.29, 1.82) is 0 Å². The first kappa shape index (κ1) is 14.8. The van der Waals surface area contributed by atoms with Crippen LogP contribution >= 0.6 is 0 Å². The largest absolute Gasteiger partial charge is 0.337 e. The molecular formula is C17H22N4O. The van der Waals surface area contributed by atoms with Gasteiger partial charge in [0.1, 0.15) is 0 Å². The summed E-state index contributed by atoms with van der Waals surface area (Å²) in [5, 5.41) is 7.44. The number of hydrogen-bond acceptors (Lipinski definition) is 3. The molecule has 3 rings (SSSR count). The number of nitrogens with one attached hydrogen (secondary N) is 1. The monoisotopic (exact) mass is 298 g/mol. The zero-order valence-electron chi connectivity index (χ0n) is 12.9. The molecule has 0 saturated heterocycles. The molecule has 1 N–H and O–H groups in total. The van der Waals surface area contributed by atoms with E-state index in [1.165, 1.54) is 11.1 Å². The summed E-state index contributed by atoms with van der Waals surface area (Å²) < 4.78 is 1.86. The molecule has 1 atom stereocenters. The summed E-state index contributed by atoms with van der Waals surface area (Å²) in [5.41, 5.74) is 2.64. The Morgan fingerprint density at radius 1 is 1.32 bits per heavy atom. The van der Waals surface area contributed by atoms with E-state index >= 15 is 0 Å². The van der Waals surface area contributed by atoms with Crippen LogP contribution in [0, 0.1) is 0 Å². The molecule has 116 valence electrons. The maximum Gasteiger partial charge on any atom is 0.239 e. The van der Waals surface area contributed by atoms with Gasteiger partial charge in [-0.25, -0.2) is 0 Å². The van der Waals surface area contributed by atoms with Crippen LogP contribution in [-0.4, -0.2) is 39.7 Å². The predicted octanol–water partition coefficient (Wildman–Crippen LogP) is 1.45. The van der Waals surface area contributed by atoms with Gasteiger partial charge in [-0.1, -0.05) is 24.3 Å². The first-order valence-electron chi connectivity index (χ1n) is 7.80. The standard InChI is InChI=1S/C17H22N4O/c1-14(18-9-12-21-10-4-8-19-21)17(22)20-11-7-15-5-2-3-6-16(15)13-20/h2-6,8,10,14,18H,7,9,11-13H2,1H3/t14-/m1/s1. The summed E-state index contributed by atoms with van der Waals surface area (Å²) in [4.78, 5) is 14.5. The van der Waals surface area contributed by atoms with E-state index < -0.39 is 0 Å². The Morgan fingerprint density at radius 3 is 2.91 bits per heavy atom. The van der Waals surface area contributed by atoms with E-state index in [4.69, 9.17) is 0 Å². The van der Waals surface area contributed by atoms with Gasteiger partial charge in [-0.2, -0.15) is 5.10 Å². The lowest BCUT2D eigenvalue weighted by Crippen LogP contribution is -2.47. The van der Waals surface area contributed by atoms with Crippen LogP contribution in [0.5, 0.6) is 0 Å². The lowest BCUT2D eigenvalue weighted by molar-refractivity contribution is -0.134. The average molecular weight is 298 g/mol. The van der Waals surface area contributed by atoms with E-state index in [0.29, 0.717) is 0 Å². The van der Waals surface area contributed by atoms with Crippen LogP contribution in [0.1, 0.15) is 18.1 Å². The topological polar surface area (TPSA) is 50.2 Å². The van der Waals surface area contributed by atoms with Gasteiger partial charge in [0.05, 0.1) is 12.6 Å². The lowest BCUT2D eigenvalue weighted by atomic mass is 9.99. The molecule has 0 fully saturated rings. The predicted molar refractivity (Wildman–Crippen MR) is 85.3 cm³/mol. The highest BCUT2D eigenvalue weighted by Gasteiger charge is 2.23. The smallest absolute Gasteiger partial charge is 0.239 e. The molecule has 1 amide bonds. The second-order valence-corrected chi connectivity index (χ2v) is 5.72. The molecule has 0 spiro atoms. The van der Waals surface area contributed by atoms with Gasteiger partial charge < -0.3 is 10.2 Å². The first-order valence-corrected chi connectivity index (χ1v) is 7.80. The number of rotatable bonds is 5. The number of aromatic nitrogens is 2. The van der Waals surface area contributed by atoms with Crippen molar-refractivity contribution in [3.05, 3.63) is 53.9 Å². The lowest BCUT2D eigenvalue weighted by Gasteiger charge is -2.31. The van der Waals surface area contributed by atoms with Crippen molar-refractivity contribution in [1.82, 2.24) is 20.0 Å². The Bertz CT molecular complexity index is 623. The Hall–Kier alpha value is -2.14. The second-order valence-electron chi connectivity index (χ2n) is 5.72. The highest BCUT2D eigenvalue weighted by Crippen LogP contribution is 2.18. The Kier molecular flexibility index (Phi) is 4.53. The number of fused-ring (bicyclic) bond motifs is 1. The highest BCUT2D eigenvalue weighted by molar-refractivity contribution is 5.81. The fourth-order valence-electron chi connectivity index (χ4n) is 2.87. The average Bonchev–Trinajstić information content (AvgIpc) is 3.07. The molecule has 0 aliphatic carbocycles. The van der Waals surface area contributed by atoms with Crippen LogP contribution in [0.2, 0.25) is 0 Å². The first-order chi connectivity index (χ1) is 10.7. The SMILES string of the molecule is C[C@@H](NCCn1cccn1)C(=O)N1CCc2ccccc2C1. The summed E-state index contributed by atoms with van der Waals surface area (Å²) >= 11 is 0. The minimum atomic E-state index is -0.166. The quantitative estimate of drug-likeness (QED) is 0.909. The zero-order chi connectivity index (χ0) is 15.4. The van der Waals surface area contributed by atoms with Crippen LogP contribution in [-0.2, 0) is 24.3 Å². The van der Waals surface area contributed by atoms with Gasteiger partial charge in [0.15, 0.2) is 0 Å². The van der Waals surface area contributed by atoms with E-state index in [2.05, 4.69) is 28.6 Å². The molecule has 22 heavy (non-hydrogen) atoms. The summed E-state index contributed by atoms with van der Waals surface area (Å²) in [6.07, 6.45) is 4.64. The van der Waals surface area contributed by atoms with E-state index in [0.717, 1.165) is 32.6 Å². The number of hydrogen-bond donors (Lipinski definition) is 1. The van der Waals surface area contributed by atoms with Crippen molar-refractivity contribution in [3.63, 3.8) is 0 Å². The molecule has 1 aliphatic rings. The second kappa shape index (κ2) is 6.75. The van der Waals surface area contributed by atoms with Crippen molar-refractivity contribution >= 4 is 5.91 Å². The molecule has 2 heterocycles. The van der Waals surface area contributed by atoms with Crippen molar-refractivity contribution in [2.75, 3.05) is 13.1 Å². The van der Waals surface area contributed by atoms with E-state index in [1.54, 1.807) is 6.20 Å². The fraction of sp³-hybridized carbons (Fsp3) is 0.412. The minimum absolute atomic E-state index is 0.166. The molecule has 0 saturated carbocycles. The van der Waals surface area contributed by atoms with Gasteiger partial charge >= 0.3 is 0 Å². The van der Waals surface area contributed by atoms with Crippen LogP contribution < -0.4 is 5.32 Å².